The van der Waals surface area contributed by atoms with Gasteiger partial charge < -0.3 is 34.6 Å². The smallest absolute Gasteiger partial charge is 0.427 e. The van der Waals surface area contributed by atoms with Crippen LogP contribution in [0.2, 0.25) is 0 Å². The molecule has 3 N–H and O–H groups in total. The minimum Gasteiger partial charge on any atom is -0.489 e. The average Bonchev–Trinajstić information content (AvgIpc) is 4.11. The number of aromatic nitrogens is 1. The molecule has 0 spiro atoms. The maximum Gasteiger partial charge on any atom is 0.427 e. The van der Waals surface area contributed by atoms with E-state index in [1.165, 1.54) is 11.1 Å². The Morgan fingerprint density at radius 2 is 1.85 bits per heavy atom. The number of hydrogen-bond acceptors (Lipinski definition) is 11. The van der Waals surface area contributed by atoms with E-state index in [9.17, 15) is 45.2 Å². The van der Waals surface area contributed by atoms with Crippen molar-refractivity contribution in [3.05, 3.63) is 36.5 Å². The summed E-state index contributed by atoms with van der Waals surface area (Å²) in [5, 5.41) is 6.47. The number of rotatable bonds is 9. The zero-order chi connectivity index (χ0) is 45.0. The van der Waals surface area contributed by atoms with Gasteiger partial charge in [-0.3, -0.25) is 19.1 Å². The van der Waals surface area contributed by atoms with Crippen molar-refractivity contribution in [2.24, 2.45) is 17.8 Å². The van der Waals surface area contributed by atoms with Gasteiger partial charge in [0.25, 0.3) is 5.91 Å². The molecule has 3 fully saturated rings. The SMILES string of the molecule is CC[C@@H]1C[C@@H](C)CC/C=C\C2C[C@@]2(C(=O)NS(=O)(=O)C2(CF)CC2)NC(=O)[C@@H]2C[C@@H](Oc3nccc4c5c(ccc34)N(C)CCO5)CN2C(=O)[C@H]1NC(=O)OC(C)(C)C(F)(F)F. The molecule has 4 amide bonds. The number of nitrogens with one attached hydrogen (secondary N) is 3. The quantitative estimate of drug-likeness (QED) is 0.226. The molecular weight excluding hydrogens is 841 g/mol. The molecule has 1 unspecified atom stereocenters. The van der Waals surface area contributed by atoms with Crippen molar-refractivity contribution >= 4 is 50.3 Å². The lowest BCUT2D eigenvalue weighted by atomic mass is 9.85. The van der Waals surface area contributed by atoms with Gasteiger partial charge in [-0.15, -0.1) is 0 Å². The van der Waals surface area contributed by atoms with Crippen LogP contribution in [0.5, 0.6) is 11.6 Å². The van der Waals surface area contributed by atoms with Gasteiger partial charge >= 0.3 is 12.3 Å². The van der Waals surface area contributed by atoms with Crippen LogP contribution in [0.25, 0.3) is 10.8 Å². The fraction of sp³-hybridized carbons (Fsp3) is 0.643. The summed E-state index contributed by atoms with van der Waals surface area (Å²) in [5.41, 5.74) is -3.82. The Bertz CT molecular complexity index is 2240. The standard InChI is InChI=1S/C42H54F4N6O9S/c1-6-25-19-24(2)9-7-8-10-26-21-41(26,37(55)50-62(57,58)40(23-43)14-15-40)49-34(53)31-20-27(22-52(31)36(54)32(25)48-38(56)61-39(3,4)42(44,45)46)60-35-29-11-12-30-33(28(29)13-16-47-35)59-18-17-51(30)5/h8,10-13,16,24-27,31-32H,6-7,9,14-15,17-23H2,1-5H3,(H,48,56)(H,49,53)(H,50,55)/b10-8-/t24-,25+,26?,27+,31-,32-,41+/m0/s1. The van der Waals surface area contributed by atoms with Crippen molar-refractivity contribution in [3.8, 4) is 11.6 Å². The van der Waals surface area contributed by atoms with E-state index in [0.717, 1.165) is 5.69 Å². The molecule has 2 aromatic rings. The second-order valence-electron chi connectivity index (χ2n) is 17.9. The molecule has 7 atom stereocenters. The van der Waals surface area contributed by atoms with Crippen molar-refractivity contribution in [1.29, 1.82) is 0 Å². The summed E-state index contributed by atoms with van der Waals surface area (Å²) in [6, 6.07) is 2.62. The van der Waals surface area contributed by atoms with Crippen molar-refractivity contribution in [3.63, 3.8) is 0 Å². The number of allylic oxidation sites excluding steroid dienone is 1. The van der Waals surface area contributed by atoms with Crippen LogP contribution < -0.4 is 29.7 Å². The number of carbonyl (C=O) groups excluding carboxylic acids is 4. The monoisotopic (exact) mass is 894 g/mol. The van der Waals surface area contributed by atoms with Crippen molar-refractivity contribution in [2.45, 2.75) is 119 Å². The molecule has 3 aliphatic heterocycles. The van der Waals surface area contributed by atoms with Crippen molar-refractivity contribution < 1.29 is 59.4 Å². The largest absolute Gasteiger partial charge is 0.489 e. The van der Waals surface area contributed by atoms with Gasteiger partial charge in [0.05, 0.1) is 18.8 Å². The van der Waals surface area contributed by atoms with E-state index in [1.54, 1.807) is 19.1 Å². The first kappa shape index (κ1) is 45.2. The van der Waals surface area contributed by atoms with Crippen LogP contribution in [0.15, 0.2) is 36.5 Å². The molecular formula is C42H54F4N6O9S. The zero-order valence-corrected chi connectivity index (χ0v) is 36.2. The molecule has 0 radical (unpaired) electrons. The third-order valence-electron chi connectivity index (χ3n) is 13.1. The highest BCUT2D eigenvalue weighted by Crippen LogP contribution is 2.48. The van der Waals surface area contributed by atoms with Gasteiger partial charge in [0, 0.05) is 36.4 Å². The number of nitrogens with zero attached hydrogens (tertiary/aromatic N) is 3. The molecule has 1 saturated heterocycles. The molecule has 7 rings (SSSR count). The highest BCUT2D eigenvalue weighted by atomic mass is 32.2. The maximum absolute atomic E-state index is 15.0. The normalized spacial score (nSPS) is 29.4. The number of carbonyl (C=O) groups is 4. The molecule has 15 nitrogen and oxygen atoms in total. The number of sulfonamides is 1. The molecule has 4 heterocycles. The predicted molar refractivity (Wildman–Crippen MR) is 218 cm³/mol. The molecule has 5 aliphatic rings. The van der Waals surface area contributed by atoms with Gasteiger partial charge in [-0.25, -0.2) is 22.6 Å². The molecule has 1 aromatic heterocycles. The summed E-state index contributed by atoms with van der Waals surface area (Å²) in [6.45, 7) is 4.78. The number of anilines is 1. The Hall–Kier alpha value is -4.88. The fourth-order valence-electron chi connectivity index (χ4n) is 8.71. The number of alkyl carbamates (subject to hydrolysis) is 1. The van der Waals surface area contributed by atoms with Crippen LogP contribution in [0, 0.1) is 17.8 Å². The van der Waals surface area contributed by atoms with Gasteiger partial charge in [-0.05, 0) is 82.4 Å². The summed E-state index contributed by atoms with van der Waals surface area (Å²) >= 11 is 0. The minimum absolute atomic E-state index is 0.0137. The number of benzene rings is 1. The topological polar surface area (TPSA) is 186 Å². The van der Waals surface area contributed by atoms with E-state index in [0.29, 0.717) is 69.2 Å². The number of fused-ring (bicyclic) bond motifs is 5. The van der Waals surface area contributed by atoms with Gasteiger partial charge in [-0.1, -0.05) is 32.4 Å². The number of alkyl halides is 4. The lowest BCUT2D eigenvalue weighted by Gasteiger charge is -2.35. The van der Waals surface area contributed by atoms with Crippen LogP contribution in [-0.2, 0) is 29.1 Å². The van der Waals surface area contributed by atoms with Gasteiger partial charge in [-0.2, -0.15) is 13.2 Å². The molecule has 1 aromatic carbocycles. The summed E-state index contributed by atoms with van der Waals surface area (Å²) in [5.74, 6) is -3.22. The van der Waals surface area contributed by atoms with Crippen LogP contribution in [0.1, 0.15) is 79.1 Å². The van der Waals surface area contributed by atoms with Crippen molar-refractivity contribution in [2.75, 3.05) is 38.3 Å². The first-order valence-electron chi connectivity index (χ1n) is 21.1. The van der Waals surface area contributed by atoms with E-state index in [-0.39, 0.29) is 44.0 Å². The van der Waals surface area contributed by atoms with E-state index in [2.05, 4.69) is 15.6 Å². The molecule has 62 heavy (non-hydrogen) atoms. The first-order valence-corrected chi connectivity index (χ1v) is 22.5. The van der Waals surface area contributed by atoms with Gasteiger partial charge in [0.15, 0.2) is 5.75 Å². The Kier molecular flexibility index (Phi) is 12.1. The Balaban J connectivity index is 1.24. The number of pyridine rings is 1. The Morgan fingerprint density at radius 1 is 1.11 bits per heavy atom. The van der Waals surface area contributed by atoms with E-state index < -0.39 is 92.6 Å². The molecule has 0 bridgehead atoms. The summed E-state index contributed by atoms with van der Waals surface area (Å²) in [7, 11) is -2.53. The predicted octanol–water partition coefficient (Wildman–Crippen LogP) is 5.07. The maximum atomic E-state index is 15.0. The Morgan fingerprint density at radius 3 is 2.53 bits per heavy atom. The number of amides is 4. The minimum atomic E-state index is -4.94. The van der Waals surface area contributed by atoms with E-state index >= 15 is 0 Å². The molecule has 2 aliphatic carbocycles. The second-order valence-corrected chi connectivity index (χ2v) is 20.0. The molecule has 2 saturated carbocycles. The summed E-state index contributed by atoms with van der Waals surface area (Å²) < 4.78 is 99.6. The molecule has 340 valence electrons. The lowest BCUT2D eigenvalue weighted by Crippen LogP contribution is -2.60. The van der Waals surface area contributed by atoms with Gasteiger partial charge in [0.2, 0.25) is 33.3 Å². The number of hydrogen-bond donors (Lipinski definition) is 3. The highest BCUT2D eigenvalue weighted by molar-refractivity contribution is 7.91. The lowest BCUT2D eigenvalue weighted by molar-refractivity contribution is -0.244. The second kappa shape index (κ2) is 16.7. The fourth-order valence-corrected chi connectivity index (χ4v) is 10.1. The Labute approximate surface area is 357 Å². The first-order chi connectivity index (χ1) is 29.2. The average molecular weight is 895 g/mol. The third-order valence-corrected chi connectivity index (χ3v) is 15.2. The van der Waals surface area contributed by atoms with Crippen LogP contribution in [-0.4, -0.2) is 116 Å². The van der Waals surface area contributed by atoms with E-state index in [4.69, 9.17) is 14.2 Å². The highest BCUT2D eigenvalue weighted by Gasteiger charge is 2.64. The number of likely N-dealkylation sites (N-methyl/N-ethyl adjacent to an activating group) is 1. The van der Waals surface area contributed by atoms with Crippen LogP contribution in [0.3, 0.4) is 0 Å². The van der Waals surface area contributed by atoms with E-state index in [1.807, 2.05) is 41.8 Å². The van der Waals surface area contributed by atoms with Crippen LogP contribution in [0.4, 0.5) is 28.0 Å². The summed E-state index contributed by atoms with van der Waals surface area (Å²) in [4.78, 5) is 64.6. The number of halogens is 4. The van der Waals surface area contributed by atoms with Crippen molar-refractivity contribution in [1.82, 2.24) is 25.2 Å². The van der Waals surface area contributed by atoms with Crippen LogP contribution >= 0.6 is 0 Å². The third kappa shape index (κ3) is 8.59. The summed E-state index contributed by atoms with van der Waals surface area (Å²) in [6.07, 6.45) is -0.584. The zero-order valence-electron chi connectivity index (χ0n) is 35.3. The number of ether oxygens (including phenoxy) is 3. The van der Waals surface area contributed by atoms with Gasteiger partial charge in [0.1, 0.15) is 41.8 Å². The molecule has 20 heteroatoms.